The zero-order chi connectivity index (χ0) is 11.8. The van der Waals surface area contributed by atoms with Crippen LogP contribution < -0.4 is 5.73 Å². The van der Waals surface area contributed by atoms with E-state index in [9.17, 15) is 5.11 Å². The molecule has 90 valence electrons. The lowest BCUT2D eigenvalue weighted by molar-refractivity contribution is -0.0170. The van der Waals surface area contributed by atoms with Crippen molar-refractivity contribution >= 4 is 16.5 Å². The van der Waals surface area contributed by atoms with Gasteiger partial charge in [0.05, 0.1) is 4.88 Å². The largest absolute Gasteiger partial charge is 0.384 e. The van der Waals surface area contributed by atoms with Gasteiger partial charge in [0.1, 0.15) is 5.60 Å². The Bertz CT molecular complexity index is 354. The number of anilines is 1. The first-order valence-corrected chi connectivity index (χ1v) is 6.77. The van der Waals surface area contributed by atoms with E-state index in [1.165, 1.54) is 11.3 Å². The second-order valence-corrected chi connectivity index (χ2v) is 6.24. The quantitative estimate of drug-likeness (QED) is 0.835. The lowest BCUT2D eigenvalue weighted by Gasteiger charge is -2.36. The molecule has 16 heavy (non-hydrogen) atoms. The number of hydrogen-bond donors (Lipinski definition) is 2. The number of hydrogen-bond acceptors (Lipinski definition) is 4. The molecule has 0 aromatic carbocycles. The highest BCUT2D eigenvalue weighted by molar-refractivity contribution is 7.15. The van der Waals surface area contributed by atoms with E-state index in [4.69, 9.17) is 5.73 Å². The van der Waals surface area contributed by atoms with E-state index in [1.54, 1.807) is 6.20 Å². The van der Waals surface area contributed by atoms with Crippen molar-refractivity contribution in [3.8, 4) is 0 Å². The summed E-state index contributed by atoms with van der Waals surface area (Å²) in [6.07, 6.45) is 5.63. The Labute approximate surface area is 101 Å². The van der Waals surface area contributed by atoms with Gasteiger partial charge in [-0.3, -0.25) is 0 Å². The fraction of sp³-hybridized carbons (Fsp3) is 0.750. The van der Waals surface area contributed by atoms with E-state index in [-0.39, 0.29) is 0 Å². The Morgan fingerprint density at radius 3 is 2.56 bits per heavy atom. The molecule has 0 aliphatic heterocycles. The van der Waals surface area contributed by atoms with Crippen molar-refractivity contribution in [3.63, 3.8) is 0 Å². The van der Waals surface area contributed by atoms with E-state index >= 15 is 0 Å². The van der Waals surface area contributed by atoms with E-state index in [1.807, 2.05) is 0 Å². The summed E-state index contributed by atoms with van der Waals surface area (Å²) in [5, 5.41) is 11.1. The lowest BCUT2D eigenvalue weighted by Crippen LogP contribution is -2.32. The molecule has 1 aliphatic rings. The SMILES string of the molecule is CC(C)C1CCC(O)(c2cnc(N)s2)CC1. The predicted octanol–water partition coefficient (Wildman–Crippen LogP) is 2.76. The minimum Gasteiger partial charge on any atom is -0.384 e. The molecule has 2 rings (SSSR count). The summed E-state index contributed by atoms with van der Waals surface area (Å²) in [6.45, 7) is 4.53. The molecular formula is C12H20N2OS. The van der Waals surface area contributed by atoms with Gasteiger partial charge in [-0.15, -0.1) is 0 Å². The molecule has 1 fully saturated rings. The highest BCUT2D eigenvalue weighted by atomic mass is 32.1. The molecule has 1 aromatic heterocycles. The van der Waals surface area contributed by atoms with Crippen molar-refractivity contribution < 1.29 is 5.11 Å². The van der Waals surface area contributed by atoms with Crippen molar-refractivity contribution in [2.45, 2.75) is 45.1 Å². The molecule has 1 saturated carbocycles. The van der Waals surface area contributed by atoms with E-state index in [2.05, 4.69) is 18.8 Å². The molecule has 0 atom stereocenters. The number of aromatic nitrogens is 1. The average Bonchev–Trinajstić information content (AvgIpc) is 2.66. The Kier molecular flexibility index (Phi) is 3.22. The number of nitrogens with two attached hydrogens (primary N) is 1. The Morgan fingerprint density at radius 1 is 1.50 bits per heavy atom. The van der Waals surface area contributed by atoms with Gasteiger partial charge in [-0.25, -0.2) is 4.98 Å². The maximum Gasteiger partial charge on any atom is 0.180 e. The second kappa shape index (κ2) is 4.34. The van der Waals surface area contributed by atoms with Crippen molar-refractivity contribution in [1.29, 1.82) is 0 Å². The fourth-order valence-electron chi connectivity index (χ4n) is 2.53. The summed E-state index contributed by atoms with van der Waals surface area (Å²) >= 11 is 1.42. The van der Waals surface area contributed by atoms with Crippen molar-refractivity contribution in [2.24, 2.45) is 11.8 Å². The maximum atomic E-state index is 10.6. The van der Waals surface area contributed by atoms with E-state index in [0.717, 1.165) is 42.4 Å². The topological polar surface area (TPSA) is 59.1 Å². The number of aliphatic hydroxyl groups is 1. The highest BCUT2D eigenvalue weighted by Gasteiger charge is 2.36. The predicted molar refractivity (Wildman–Crippen MR) is 67.2 cm³/mol. The van der Waals surface area contributed by atoms with Crippen LogP contribution in [0.2, 0.25) is 0 Å². The summed E-state index contributed by atoms with van der Waals surface area (Å²) < 4.78 is 0. The standard InChI is InChI=1S/C12H20N2OS/c1-8(2)9-3-5-12(15,6-4-9)10-7-14-11(13)16-10/h7-9,15H,3-6H2,1-2H3,(H2,13,14). The first-order chi connectivity index (χ1) is 7.51. The van der Waals surface area contributed by atoms with Crippen LogP contribution in [0, 0.1) is 11.8 Å². The van der Waals surface area contributed by atoms with E-state index in [0.29, 0.717) is 5.13 Å². The summed E-state index contributed by atoms with van der Waals surface area (Å²) in [5.74, 6) is 1.47. The third kappa shape index (κ3) is 2.23. The molecule has 1 aliphatic carbocycles. The smallest absolute Gasteiger partial charge is 0.180 e. The van der Waals surface area contributed by atoms with Crippen LogP contribution >= 0.6 is 11.3 Å². The number of thiazole rings is 1. The molecule has 4 heteroatoms. The number of nitrogen functional groups attached to an aromatic ring is 1. The van der Waals surface area contributed by atoms with Gasteiger partial charge in [-0.1, -0.05) is 25.2 Å². The van der Waals surface area contributed by atoms with Gasteiger partial charge in [-0.05, 0) is 37.5 Å². The maximum absolute atomic E-state index is 10.6. The number of nitrogens with zero attached hydrogens (tertiary/aromatic N) is 1. The van der Waals surface area contributed by atoms with Crippen LogP contribution in [0.25, 0.3) is 0 Å². The molecule has 3 N–H and O–H groups in total. The van der Waals surface area contributed by atoms with Gasteiger partial charge in [0, 0.05) is 6.20 Å². The van der Waals surface area contributed by atoms with Gasteiger partial charge in [0.2, 0.25) is 0 Å². The molecule has 3 nitrogen and oxygen atoms in total. The molecule has 0 radical (unpaired) electrons. The average molecular weight is 240 g/mol. The molecule has 0 bridgehead atoms. The zero-order valence-corrected chi connectivity index (χ0v) is 10.8. The zero-order valence-electron chi connectivity index (χ0n) is 9.94. The minimum absolute atomic E-state index is 0.550. The van der Waals surface area contributed by atoms with Crippen molar-refractivity contribution in [1.82, 2.24) is 4.98 Å². The summed E-state index contributed by atoms with van der Waals surface area (Å²) in [7, 11) is 0. The fourth-order valence-corrected chi connectivity index (χ4v) is 3.36. The van der Waals surface area contributed by atoms with Gasteiger partial charge in [0.15, 0.2) is 5.13 Å². The Hall–Kier alpha value is -0.610. The summed E-state index contributed by atoms with van der Waals surface area (Å²) in [6, 6.07) is 0. The molecular weight excluding hydrogens is 220 g/mol. The van der Waals surface area contributed by atoms with Crippen LogP contribution in [0.3, 0.4) is 0 Å². The van der Waals surface area contributed by atoms with Crippen LogP contribution in [0.1, 0.15) is 44.4 Å². The first-order valence-electron chi connectivity index (χ1n) is 5.95. The van der Waals surface area contributed by atoms with Crippen LogP contribution in [0.4, 0.5) is 5.13 Å². The van der Waals surface area contributed by atoms with Crippen LogP contribution in [-0.4, -0.2) is 10.1 Å². The van der Waals surface area contributed by atoms with Crippen LogP contribution in [0.5, 0.6) is 0 Å². The van der Waals surface area contributed by atoms with E-state index < -0.39 is 5.60 Å². The van der Waals surface area contributed by atoms with Crippen molar-refractivity contribution in [2.75, 3.05) is 5.73 Å². The third-order valence-electron chi connectivity index (χ3n) is 3.78. The van der Waals surface area contributed by atoms with Crippen molar-refractivity contribution in [3.05, 3.63) is 11.1 Å². The Morgan fingerprint density at radius 2 is 2.12 bits per heavy atom. The summed E-state index contributed by atoms with van der Waals surface area (Å²) in [4.78, 5) is 4.96. The molecule has 0 unspecified atom stereocenters. The first kappa shape index (κ1) is 11.9. The molecule has 0 amide bonds. The molecule has 1 aromatic rings. The van der Waals surface area contributed by atoms with Crippen LogP contribution in [0.15, 0.2) is 6.20 Å². The molecule has 0 saturated heterocycles. The number of rotatable bonds is 2. The van der Waals surface area contributed by atoms with Gasteiger partial charge >= 0.3 is 0 Å². The summed E-state index contributed by atoms with van der Waals surface area (Å²) in [5.41, 5.74) is 4.95. The monoisotopic (exact) mass is 240 g/mol. The molecule has 0 spiro atoms. The second-order valence-electron chi connectivity index (χ2n) is 5.18. The highest BCUT2D eigenvalue weighted by Crippen LogP contribution is 2.43. The van der Waals surface area contributed by atoms with Gasteiger partial charge in [-0.2, -0.15) is 0 Å². The minimum atomic E-state index is -0.666. The normalized spacial score (nSPS) is 30.9. The van der Waals surface area contributed by atoms with Gasteiger partial charge in [0.25, 0.3) is 0 Å². The third-order valence-corrected chi connectivity index (χ3v) is 4.80. The lowest BCUT2D eigenvalue weighted by atomic mass is 9.74. The molecule has 1 heterocycles. The Balaban J connectivity index is 2.06. The van der Waals surface area contributed by atoms with Crippen LogP contribution in [-0.2, 0) is 5.60 Å². The van der Waals surface area contributed by atoms with Gasteiger partial charge < -0.3 is 10.8 Å².